The topological polar surface area (TPSA) is 61.6 Å². The second-order valence-electron chi connectivity index (χ2n) is 11.5. The molecule has 2 saturated heterocycles. The number of fused-ring (bicyclic) bond motifs is 2. The van der Waals surface area contributed by atoms with E-state index in [4.69, 9.17) is 11.6 Å². The summed E-state index contributed by atoms with van der Waals surface area (Å²) in [6, 6.07) is 16.1. The van der Waals surface area contributed by atoms with Crippen molar-refractivity contribution in [2.45, 2.75) is 44.6 Å². The van der Waals surface area contributed by atoms with Crippen LogP contribution in [-0.4, -0.2) is 51.6 Å². The first kappa shape index (κ1) is 24.5. The number of hydrogen-bond acceptors (Lipinski definition) is 4. The molecule has 1 spiro atoms. The van der Waals surface area contributed by atoms with Gasteiger partial charge in [-0.15, -0.1) is 0 Å². The molecule has 0 radical (unpaired) electrons. The summed E-state index contributed by atoms with van der Waals surface area (Å²) < 4.78 is 1.94. The number of aromatic hydroxyl groups is 1. The number of halogens is 1. The van der Waals surface area contributed by atoms with Gasteiger partial charge in [0.1, 0.15) is 0 Å². The van der Waals surface area contributed by atoms with Crippen molar-refractivity contribution in [1.82, 2.24) is 14.5 Å². The third-order valence-electron chi connectivity index (χ3n) is 9.53. The fourth-order valence-corrected chi connectivity index (χ4v) is 7.41. The average Bonchev–Trinajstić information content (AvgIpc) is 3.54. The summed E-state index contributed by atoms with van der Waals surface area (Å²) in [5.74, 6) is 0.356. The number of pyridine rings is 1. The van der Waals surface area contributed by atoms with E-state index >= 15 is 0 Å². The van der Waals surface area contributed by atoms with Crippen LogP contribution in [0.5, 0.6) is 5.88 Å². The molecule has 2 aliphatic heterocycles. The van der Waals surface area contributed by atoms with Crippen LogP contribution in [-0.2, 0) is 6.42 Å². The smallest absolute Gasteiger partial charge is 0.253 e. The Kier molecular flexibility index (Phi) is 6.03. The molecule has 4 heterocycles. The van der Waals surface area contributed by atoms with Crippen LogP contribution in [0, 0.1) is 5.41 Å². The first-order chi connectivity index (χ1) is 19.0. The molecule has 1 atom stereocenters. The number of anilines is 1. The number of carbonyl (C=O) groups excluding carboxylic acids is 1. The van der Waals surface area contributed by atoms with E-state index in [-0.39, 0.29) is 17.8 Å². The van der Waals surface area contributed by atoms with Crippen LogP contribution in [0.25, 0.3) is 10.8 Å². The summed E-state index contributed by atoms with van der Waals surface area (Å²) in [5.41, 5.74) is 4.78. The maximum atomic E-state index is 13.5. The van der Waals surface area contributed by atoms with Crippen molar-refractivity contribution in [2.24, 2.45) is 5.41 Å². The number of amides is 1. The van der Waals surface area contributed by atoms with Crippen molar-refractivity contribution < 1.29 is 9.90 Å². The Morgan fingerprint density at radius 3 is 2.46 bits per heavy atom. The zero-order chi connectivity index (χ0) is 26.6. The van der Waals surface area contributed by atoms with Crippen molar-refractivity contribution in [3.8, 4) is 5.88 Å². The Hall–Kier alpha value is -3.51. The number of piperidine rings is 2. The summed E-state index contributed by atoms with van der Waals surface area (Å²) in [6.45, 7) is 3.81. The van der Waals surface area contributed by atoms with E-state index in [0.29, 0.717) is 15.8 Å². The lowest BCUT2D eigenvalue weighted by atomic mass is 9.71. The predicted molar refractivity (Wildman–Crippen MR) is 155 cm³/mol. The number of likely N-dealkylation sites (tertiary alicyclic amines) is 1. The molecule has 0 bridgehead atoms. The molecule has 2 fully saturated rings. The molecule has 1 amide bonds. The molecule has 1 aliphatic carbocycles. The Morgan fingerprint density at radius 1 is 0.974 bits per heavy atom. The normalized spacial score (nSPS) is 20.5. The largest absolute Gasteiger partial charge is 0.494 e. The highest BCUT2D eigenvalue weighted by Crippen LogP contribution is 2.44. The maximum Gasteiger partial charge on any atom is 0.253 e. The summed E-state index contributed by atoms with van der Waals surface area (Å²) in [5, 5.41) is 13.2. The van der Waals surface area contributed by atoms with E-state index in [1.165, 1.54) is 29.7 Å². The minimum atomic E-state index is 0.0421. The highest BCUT2D eigenvalue weighted by Gasteiger charge is 2.39. The fraction of sp³-hybridized carbons (Fsp3) is 0.375. The monoisotopic (exact) mass is 540 g/mol. The van der Waals surface area contributed by atoms with E-state index in [2.05, 4.69) is 39.0 Å². The molecule has 200 valence electrons. The number of hydrogen-bond donors (Lipinski definition) is 1. The van der Waals surface area contributed by atoms with Crippen molar-refractivity contribution >= 4 is 34.0 Å². The van der Waals surface area contributed by atoms with Gasteiger partial charge in [0.25, 0.3) is 5.91 Å². The summed E-state index contributed by atoms with van der Waals surface area (Å²) >= 11 is 6.37. The van der Waals surface area contributed by atoms with Gasteiger partial charge < -0.3 is 19.5 Å². The molecule has 7 heteroatoms. The molecule has 3 aliphatic rings. The quantitative estimate of drug-likeness (QED) is 0.324. The Bertz CT molecular complexity index is 1530. The molecule has 39 heavy (non-hydrogen) atoms. The van der Waals surface area contributed by atoms with Crippen molar-refractivity contribution in [1.29, 1.82) is 0 Å². The van der Waals surface area contributed by atoms with Crippen LogP contribution < -0.4 is 4.90 Å². The van der Waals surface area contributed by atoms with Crippen LogP contribution >= 0.6 is 11.6 Å². The molecule has 4 aromatic rings. The second kappa shape index (κ2) is 9.60. The van der Waals surface area contributed by atoms with Gasteiger partial charge in [0.2, 0.25) is 5.88 Å². The van der Waals surface area contributed by atoms with Gasteiger partial charge in [-0.2, -0.15) is 0 Å². The maximum absolute atomic E-state index is 13.5. The SMILES string of the molecule is O=C(c1ccc2c(c1)CC[C@H]2n1cc2cccc(Cl)c2c1O)N1CCC2(CC1)CCN(c1ccncc1)CC2. The number of aromatic nitrogens is 2. The lowest BCUT2D eigenvalue weighted by Crippen LogP contribution is -2.48. The van der Waals surface area contributed by atoms with Gasteiger partial charge in [0.05, 0.1) is 16.5 Å². The highest BCUT2D eigenvalue weighted by molar-refractivity contribution is 6.36. The minimum absolute atomic E-state index is 0.0421. The van der Waals surface area contributed by atoms with Gasteiger partial charge in [0.15, 0.2) is 0 Å². The first-order valence-corrected chi connectivity index (χ1v) is 14.4. The number of nitrogens with zero attached hydrogens (tertiary/aromatic N) is 4. The van der Waals surface area contributed by atoms with E-state index in [9.17, 15) is 9.90 Å². The molecular formula is C32H33ClN4O2. The summed E-state index contributed by atoms with van der Waals surface area (Å²) in [6.07, 6.45) is 12.0. The van der Waals surface area contributed by atoms with Gasteiger partial charge in [0, 0.05) is 61.4 Å². The minimum Gasteiger partial charge on any atom is -0.494 e. The molecule has 2 aromatic heterocycles. The van der Waals surface area contributed by atoms with Crippen molar-refractivity contribution in [3.63, 3.8) is 0 Å². The van der Waals surface area contributed by atoms with E-state index < -0.39 is 0 Å². The van der Waals surface area contributed by atoms with Gasteiger partial charge >= 0.3 is 0 Å². The third-order valence-corrected chi connectivity index (χ3v) is 9.84. The predicted octanol–water partition coefficient (Wildman–Crippen LogP) is 6.45. The average molecular weight is 541 g/mol. The van der Waals surface area contributed by atoms with E-state index in [1.807, 2.05) is 47.4 Å². The summed E-state index contributed by atoms with van der Waals surface area (Å²) in [7, 11) is 0. The lowest BCUT2D eigenvalue weighted by molar-refractivity contribution is 0.0515. The zero-order valence-electron chi connectivity index (χ0n) is 22.0. The molecule has 0 saturated carbocycles. The number of rotatable bonds is 3. The van der Waals surface area contributed by atoms with Crippen LogP contribution in [0.3, 0.4) is 0 Å². The van der Waals surface area contributed by atoms with E-state index in [1.54, 1.807) is 0 Å². The lowest BCUT2D eigenvalue weighted by Gasteiger charge is -2.47. The Labute approximate surface area is 233 Å². The number of aryl methyl sites for hydroxylation is 1. The molecule has 2 aromatic carbocycles. The first-order valence-electron chi connectivity index (χ1n) is 14.1. The van der Waals surface area contributed by atoms with Crippen LogP contribution in [0.2, 0.25) is 5.02 Å². The van der Waals surface area contributed by atoms with Gasteiger partial charge in [-0.05, 0) is 85.4 Å². The zero-order valence-corrected chi connectivity index (χ0v) is 22.8. The molecule has 7 rings (SSSR count). The van der Waals surface area contributed by atoms with Gasteiger partial charge in [-0.3, -0.25) is 9.78 Å². The molecule has 1 N–H and O–H groups in total. The molecule has 0 unspecified atom stereocenters. The van der Waals surface area contributed by atoms with E-state index in [0.717, 1.165) is 62.8 Å². The van der Waals surface area contributed by atoms with Crippen LogP contribution in [0.1, 0.15) is 59.6 Å². The van der Waals surface area contributed by atoms with Crippen molar-refractivity contribution in [2.75, 3.05) is 31.1 Å². The number of benzene rings is 2. The van der Waals surface area contributed by atoms with Gasteiger partial charge in [-0.1, -0.05) is 29.8 Å². The summed E-state index contributed by atoms with van der Waals surface area (Å²) in [4.78, 5) is 22.2. The molecular weight excluding hydrogens is 508 g/mol. The fourth-order valence-electron chi connectivity index (χ4n) is 7.14. The highest BCUT2D eigenvalue weighted by atomic mass is 35.5. The standard InChI is InChI=1S/C32H33ClN4O2/c33-27-3-1-2-24-21-37(31(39)29(24)27)28-7-5-22-20-23(4-6-26(22)28)30(38)36-18-12-32(13-19-36)10-16-35(17-11-32)25-8-14-34-15-9-25/h1-4,6,8-9,14-15,20-21,28,39H,5,7,10-13,16-19H2/t28-/m1/s1. The van der Waals surface area contributed by atoms with Gasteiger partial charge in [-0.25, -0.2) is 0 Å². The Morgan fingerprint density at radius 2 is 1.72 bits per heavy atom. The second-order valence-corrected chi connectivity index (χ2v) is 11.9. The number of carbonyl (C=O) groups is 1. The third kappa shape index (κ3) is 4.26. The molecule has 6 nitrogen and oxygen atoms in total. The Balaban J connectivity index is 1.02. The van der Waals surface area contributed by atoms with Crippen molar-refractivity contribution in [3.05, 3.63) is 88.8 Å². The van der Waals surface area contributed by atoms with Crippen LogP contribution in [0.4, 0.5) is 5.69 Å². The van der Waals surface area contributed by atoms with Crippen LogP contribution in [0.15, 0.2) is 67.1 Å².